The number of methoxy groups -OCH3 is 1. The molecule has 1 fully saturated rings. The van der Waals surface area contributed by atoms with Gasteiger partial charge in [-0.25, -0.2) is 4.79 Å². The number of ether oxygens (including phenoxy) is 4. The van der Waals surface area contributed by atoms with E-state index in [1.54, 1.807) is 26.8 Å². The number of rotatable bonds is 5. The Balaban J connectivity index is 1.89. The normalized spacial score (nSPS) is 20.4. The van der Waals surface area contributed by atoms with Crippen LogP contribution in [0.4, 0.5) is 18.0 Å². The average Bonchev–Trinajstić information content (AvgIpc) is 2.70. The van der Waals surface area contributed by atoms with Crippen LogP contribution in [0.2, 0.25) is 0 Å². The number of carbonyl (C=O) groups excluding carboxylic acids is 1. The van der Waals surface area contributed by atoms with Crippen LogP contribution in [0.25, 0.3) is 0 Å². The number of piperidine rings is 1. The second-order valence-electron chi connectivity index (χ2n) is 9.16. The second-order valence-corrected chi connectivity index (χ2v) is 10.7. The van der Waals surface area contributed by atoms with E-state index in [9.17, 15) is 26.4 Å². The first kappa shape index (κ1) is 26.4. The zero-order valence-corrected chi connectivity index (χ0v) is 20.1. The first-order chi connectivity index (χ1) is 15.7. The van der Waals surface area contributed by atoms with E-state index in [2.05, 4.69) is 0 Å². The highest BCUT2D eigenvalue weighted by atomic mass is 32.2. The molecule has 13 heteroatoms. The van der Waals surface area contributed by atoms with Crippen molar-refractivity contribution in [3.05, 3.63) is 23.8 Å². The Morgan fingerprint density at radius 2 is 1.85 bits per heavy atom. The standard InChI is InChI=1S/C21H28F3NO8S/c1-19(2,3)32-18(26)25-10-8-20(9-11-25)12-16(33-34(27,28)21(22,23)24)17-14(30-13-29-4)6-5-7-15(17)31-20/h5-7,16H,8-13H2,1-4H3. The van der Waals surface area contributed by atoms with E-state index in [0.29, 0.717) is 0 Å². The molecule has 0 N–H and O–H groups in total. The van der Waals surface area contributed by atoms with Crippen LogP contribution in [0.5, 0.6) is 11.5 Å². The number of carbonyl (C=O) groups is 1. The number of alkyl halides is 3. The van der Waals surface area contributed by atoms with E-state index in [-0.39, 0.29) is 56.2 Å². The van der Waals surface area contributed by atoms with Crippen LogP contribution in [0, 0.1) is 0 Å². The van der Waals surface area contributed by atoms with E-state index in [1.807, 2.05) is 0 Å². The first-order valence-electron chi connectivity index (χ1n) is 10.6. The Kier molecular flexibility index (Phi) is 7.30. The molecule has 0 saturated carbocycles. The lowest BCUT2D eigenvalue weighted by Gasteiger charge is -2.46. The van der Waals surface area contributed by atoms with Crippen LogP contribution in [-0.4, -0.2) is 63.1 Å². The van der Waals surface area contributed by atoms with Crippen molar-refractivity contribution in [1.82, 2.24) is 4.90 Å². The summed E-state index contributed by atoms with van der Waals surface area (Å²) in [6.45, 7) is 5.42. The van der Waals surface area contributed by atoms with Gasteiger partial charge in [-0.15, -0.1) is 0 Å². The van der Waals surface area contributed by atoms with Crippen molar-refractivity contribution in [3.8, 4) is 11.5 Å². The minimum Gasteiger partial charge on any atom is -0.486 e. The molecule has 1 aromatic carbocycles. The molecule has 2 heterocycles. The largest absolute Gasteiger partial charge is 0.523 e. The van der Waals surface area contributed by atoms with Gasteiger partial charge in [0.25, 0.3) is 0 Å². The van der Waals surface area contributed by atoms with Gasteiger partial charge in [-0.1, -0.05) is 6.07 Å². The van der Waals surface area contributed by atoms with Crippen molar-refractivity contribution in [1.29, 1.82) is 0 Å². The van der Waals surface area contributed by atoms with Crippen LogP contribution >= 0.6 is 0 Å². The van der Waals surface area contributed by atoms with E-state index in [1.165, 1.54) is 24.1 Å². The number of benzene rings is 1. The third-order valence-electron chi connectivity index (χ3n) is 5.42. The van der Waals surface area contributed by atoms with Gasteiger partial charge in [0.2, 0.25) is 0 Å². The Morgan fingerprint density at radius 1 is 1.21 bits per heavy atom. The van der Waals surface area contributed by atoms with Crippen molar-refractivity contribution in [2.75, 3.05) is 27.0 Å². The van der Waals surface area contributed by atoms with Crippen molar-refractivity contribution in [2.24, 2.45) is 0 Å². The first-order valence-corrected chi connectivity index (χ1v) is 12.0. The van der Waals surface area contributed by atoms with Crippen LogP contribution in [0.15, 0.2) is 18.2 Å². The quantitative estimate of drug-likeness (QED) is 0.331. The SMILES string of the molecule is COCOc1cccc2c1C(OS(=O)(=O)C(F)(F)F)CC1(CCN(C(=O)OC(C)(C)C)CC1)O2. The van der Waals surface area contributed by atoms with Crippen molar-refractivity contribution in [3.63, 3.8) is 0 Å². The van der Waals surface area contributed by atoms with Gasteiger partial charge in [-0.3, -0.25) is 4.18 Å². The molecule has 1 aromatic rings. The van der Waals surface area contributed by atoms with Gasteiger partial charge in [0.15, 0.2) is 6.79 Å². The van der Waals surface area contributed by atoms with Gasteiger partial charge >= 0.3 is 21.7 Å². The predicted molar refractivity (Wildman–Crippen MR) is 113 cm³/mol. The van der Waals surface area contributed by atoms with Crippen molar-refractivity contribution in [2.45, 2.75) is 62.8 Å². The molecule has 2 aliphatic rings. The molecule has 1 atom stereocenters. The van der Waals surface area contributed by atoms with E-state index < -0.39 is 39.0 Å². The number of hydrogen-bond donors (Lipinski definition) is 0. The van der Waals surface area contributed by atoms with Crippen molar-refractivity contribution >= 4 is 16.2 Å². The van der Waals surface area contributed by atoms with Crippen LogP contribution in [0.1, 0.15) is 51.7 Å². The minimum absolute atomic E-state index is 0.0487. The summed E-state index contributed by atoms with van der Waals surface area (Å²) in [7, 11) is -4.54. The number of likely N-dealkylation sites (tertiary alicyclic amines) is 1. The lowest BCUT2D eigenvalue weighted by Crippen LogP contribution is -2.53. The average molecular weight is 512 g/mol. The van der Waals surface area contributed by atoms with Crippen LogP contribution < -0.4 is 9.47 Å². The summed E-state index contributed by atoms with van der Waals surface area (Å²) in [4.78, 5) is 13.9. The summed E-state index contributed by atoms with van der Waals surface area (Å²) >= 11 is 0. The molecule has 192 valence electrons. The molecule has 0 radical (unpaired) electrons. The Labute approximate surface area is 196 Å². The maximum atomic E-state index is 13.1. The van der Waals surface area contributed by atoms with E-state index in [0.717, 1.165) is 0 Å². The van der Waals surface area contributed by atoms with Gasteiger partial charge in [0.1, 0.15) is 28.8 Å². The van der Waals surface area contributed by atoms with Gasteiger partial charge in [0, 0.05) is 39.5 Å². The minimum atomic E-state index is -5.90. The lowest BCUT2D eigenvalue weighted by atomic mass is 9.81. The Hall–Kier alpha value is -2.25. The molecule has 1 spiro atoms. The van der Waals surface area contributed by atoms with E-state index >= 15 is 0 Å². The fourth-order valence-corrected chi connectivity index (χ4v) is 4.49. The number of nitrogens with zero attached hydrogens (tertiary/aromatic N) is 1. The number of amides is 1. The van der Waals surface area contributed by atoms with Crippen LogP contribution in [0.3, 0.4) is 0 Å². The molecule has 1 saturated heterocycles. The highest BCUT2D eigenvalue weighted by Gasteiger charge is 2.53. The second kappa shape index (κ2) is 9.42. The summed E-state index contributed by atoms with van der Waals surface area (Å²) in [5.74, 6) is 0.232. The zero-order chi connectivity index (χ0) is 25.4. The van der Waals surface area contributed by atoms with Gasteiger partial charge < -0.3 is 23.8 Å². The number of fused-ring (bicyclic) bond motifs is 1. The summed E-state index contributed by atoms with van der Waals surface area (Å²) in [5.41, 5.74) is -7.28. The monoisotopic (exact) mass is 511 g/mol. The third-order valence-corrected chi connectivity index (χ3v) is 6.47. The molecule has 9 nitrogen and oxygen atoms in total. The zero-order valence-electron chi connectivity index (χ0n) is 19.3. The molecular weight excluding hydrogens is 483 g/mol. The highest BCUT2D eigenvalue weighted by molar-refractivity contribution is 7.87. The summed E-state index contributed by atoms with van der Waals surface area (Å²) in [6, 6.07) is 4.53. The topological polar surface area (TPSA) is 101 Å². The molecule has 2 aliphatic heterocycles. The summed E-state index contributed by atoms with van der Waals surface area (Å²) < 4.78 is 89.7. The highest BCUT2D eigenvalue weighted by Crippen LogP contribution is 2.50. The molecule has 0 aliphatic carbocycles. The van der Waals surface area contributed by atoms with Crippen LogP contribution in [-0.2, 0) is 23.8 Å². The fraction of sp³-hybridized carbons (Fsp3) is 0.667. The van der Waals surface area contributed by atoms with Crippen molar-refractivity contribution < 1.29 is 49.5 Å². The Morgan fingerprint density at radius 3 is 2.41 bits per heavy atom. The molecular formula is C21H28F3NO8S. The number of halogens is 3. The van der Waals surface area contributed by atoms with Gasteiger partial charge in [0.05, 0.1) is 5.56 Å². The smallest absolute Gasteiger partial charge is 0.486 e. The number of hydrogen-bond acceptors (Lipinski definition) is 8. The Bertz CT molecular complexity index is 998. The van der Waals surface area contributed by atoms with Gasteiger partial charge in [-0.2, -0.15) is 21.6 Å². The third kappa shape index (κ3) is 5.87. The maximum absolute atomic E-state index is 13.1. The lowest BCUT2D eigenvalue weighted by molar-refractivity contribution is -0.0740. The molecule has 34 heavy (non-hydrogen) atoms. The molecule has 3 rings (SSSR count). The predicted octanol–water partition coefficient (Wildman–Crippen LogP) is 4.13. The molecule has 0 bridgehead atoms. The summed E-state index contributed by atoms with van der Waals surface area (Å²) in [5, 5.41) is 0. The van der Waals surface area contributed by atoms with E-state index in [4.69, 9.17) is 23.1 Å². The molecule has 1 unspecified atom stereocenters. The fourth-order valence-electron chi connectivity index (χ4n) is 3.91. The molecule has 1 amide bonds. The summed E-state index contributed by atoms with van der Waals surface area (Å²) in [6.07, 6.45) is -1.75. The maximum Gasteiger partial charge on any atom is 0.523 e. The molecule has 0 aromatic heterocycles. The van der Waals surface area contributed by atoms with Gasteiger partial charge in [-0.05, 0) is 32.9 Å².